The first-order valence-electron chi connectivity index (χ1n) is 12.5. The summed E-state index contributed by atoms with van der Waals surface area (Å²) in [6.45, 7) is 5.91. The van der Waals surface area contributed by atoms with Gasteiger partial charge in [0.15, 0.2) is 0 Å². The Morgan fingerprint density at radius 3 is 2.21 bits per heavy atom. The Hall–Kier alpha value is -3.49. The van der Waals surface area contributed by atoms with Gasteiger partial charge in [-0.2, -0.15) is 0 Å². The molecule has 0 fully saturated rings. The molecule has 0 spiro atoms. The summed E-state index contributed by atoms with van der Waals surface area (Å²) < 4.78 is 34.4. The summed E-state index contributed by atoms with van der Waals surface area (Å²) in [6, 6.07) is 24.8. The van der Waals surface area contributed by atoms with Gasteiger partial charge in [0.25, 0.3) is 10.0 Å². The highest BCUT2D eigenvalue weighted by atomic mass is 32.2. The fraction of sp³-hybridized carbons (Fsp3) is 0.233. The van der Waals surface area contributed by atoms with Crippen molar-refractivity contribution in [2.45, 2.75) is 60.1 Å². The van der Waals surface area contributed by atoms with Gasteiger partial charge in [-0.15, -0.1) is 0 Å². The van der Waals surface area contributed by atoms with Crippen LogP contribution in [0.25, 0.3) is 0 Å². The molecule has 6 nitrogen and oxygen atoms in total. The van der Waals surface area contributed by atoms with Crippen LogP contribution in [0.15, 0.2) is 109 Å². The van der Waals surface area contributed by atoms with Crippen molar-refractivity contribution in [2.75, 3.05) is 4.72 Å². The number of rotatable bonds is 10. The minimum absolute atomic E-state index is 0.0583. The zero-order valence-corrected chi connectivity index (χ0v) is 23.2. The van der Waals surface area contributed by atoms with E-state index in [1.54, 1.807) is 36.4 Å². The van der Waals surface area contributed by atoms with Crippen molar-refractivity contribution in [2.24, 2.45) is 0 Å². The van der Waals surface area contributed by atoms with Gasteiger partial charge in [0.05, 0.1) is 10.6 Å². The van der Waals surface area contributed by atoms with Crippen LogP contribution in [0, 0.1) is 0 Å². The molecule has 0 amide bonds. The molecule has 1 heterocycles. The number of sulfonamides is 1. The van der Waals surface area contributed by atoms with E-state index in [1.165, 1.54) is 18.2 Å². The van der Waals surface area contributed by atoms with Crippen molar-refractivity contribution in [1.29, 1.82) is 0 Å². The molecule has 4 aromatic rings. The highest BCUT2D eigenvalue weighted by molar-refractivity contribution is 7.99. The Balaban J connectivity index is 1.65. The quantitative estimate of drug-likeness (QED) is 0.218. The molecule has 1 atom stereocenters. The lowest BCUT2D eigenvalue weighted by Crippen LogP contribution is -2.15. The summed E-state index contributed by atoms with van der Waals surface area (Å²) in [6.07, 6.45) is 1.43. The highest BCUT2D eigenvalue weighted by Gasteiger charge is 2.23. The predicted octanol–water partition coefficient (Wildman–Crippen LogP) is 7.16. The molecule has 2 N–H and O–H groups in total. The Morgan fingerprint density at radius 1 is 0.947 bits per heavy atom. The van der Waals surface area contributed by atoms with Gasteiger partial charge in [-0.3, -0.25) is 4.72 Å². The van der Waals surface area contributed by atoms with Gasteiger partial charge >= 0.3 is 5.63 Å². The van der Waals surface area contributed by atoms with Gasteiger partial charge in [0.2, 0.25) is 0 Å². The van der Waals surface area contributed by atoms with Gasteiger partial charge in [-0.1, -0.05) is 87.1 Å². The summed E-state index contributed by atoms with van der Waals surface area (Å²) in [5.74, 6) is 0.155. The monoisotopic (exact) mass is 549 g/mol. The van der Waals surface area contributed by atoms with E-state index < -0.39 is 15.6 Å². The third kappa shape index (κ3) is 6.31. The molecule has 0 aliphatic heterocycles. The SMILES string of the molecule is CCC(Cc1ccccc1)c1cc(O)c(Sc2cccc(NS(=O)(=O)c3ccccc3)c2C(C)C)c(=O)o1. The molecular formula is C30H31NO5S2. The fourth-order valence-corrected chi connectivity index (χ4v) is 6.57. The Bertz CT molecular complexity index is 1550. The topological polar surface area (TPSA) is 96.6 Å². The summed E-state index contributed by atoms with van der Waals surface area (Å²) in [7, 11) is -3.81. The van der Waals surface area contributed by atoms with Crippen molar-refractivity contribution < 1.29 is 17.9 Å². The maximum atomic E-state index is 13.1. The van der Waals surface area contributed by atoms with Crippen LogP contribution in [0.4, 0.5) is 5.69 Å². The molecule has 0 saturated heterocycles. The Kier molecular flexibility index (Phi) is 8.64. The molecule has 0 aliphatic rings. The molecule has 198 valence electrons. The van der Waals surface area contributed by atoms with Crippen LogP contribution in [0.5, 0.6) is 5.75 Å². The minimum Gasteiger partial charge on any atom is -0.506 e. The van der Waals surface area contributed by atoms with E-state index in [2.05, 4.69) is 4.72 Å². The van der Waals surface area contributed by atoms with Gasteiger partial charge in [0, 0.05) is 16.9 Å². The maximum Gasteiger partial charge on any atom is 0.353 e. The molecule has 4 rings (SSSR count). The zero-order valence-electron chi connectivity index (χ0n) is 21.5. The van der Waals surface area contributed by atoms with Crippen LogP contribution in [-0.2, 0) is 16.4 Å². The number of nitrogens with one attached hydrogen (secondary N) is 1. The standard InChI is InChI=1S/C30H31NO5S2/c1-4-22(18-21-12-7-5-8-13-21)26-19-25(32)29(30(33)36-26)37-27-17-11-16-24(28(27)20(2)3)31-38(34,35)23-14-9-6-10-15-23/h5-17,19-20,22,31-32H,4,18H2,1-3H3. The first-order valence-corrected chi connectivity index (χ1v) is 14.8. The largest absolute Gasteiger partial charge is 0.506 e. The third-order valence-corrected chi connectivity index (χ3v) is 8.82. The molecule has 1 unspecified atom stereocenters. The number of aromatic hydroxyl groups is 1. The minimum atomic E-state index is -3.81. The molecule has 38 heavy (non-hydrogen) atoms. The predicted molar refractivity (Wildman–Crippen MR) is 152 cm³/mol. The number of anilines is 1. The number of hydrogen-bond acceptors (Lipinski definition) is 6. The van der Waals surface area contributed by atoms with E-state index in [0.717, 1.165) is 29.3 Å². The average Bonchev–Trinajstić information content (AvgIpc) is 2.90. The number of hydrogen-bond donors (Lipinski definition) is 2. The van der Waals surface area contributed by atoms with Crippen molar-refractivity contribution in [3.05, 3.63) is 112 Å². The van der Waals surface area contributed by atoms with Gasteiger partial charge < -0.3 is 9.52 Å². The van der Waals surface area contributed by atoms with Crippen molar-refractivity contribution in [3.63, 3.8) is 0 Å². The highest BCUT2D eigenvalue weighted by Crippen LogP contribution is 2.41. The van der Waals surface area contributed by atoms with Gasteiger partial charge in [-0.05, 0) is 54.2 Å². The molecule has 0 bridgehead atoms. The van der Waals surface area contributed by atoms with Crippen LogP contribution in [0.3, 0.4) is 0 Å². The number of benzene rings is 3. The van der Waals surface area contributed by atoms with E-state index in [-0.39, 0.29) is 27.4 Å². The van der Waals surface area contributed by atoms with Crippen LogP contribution in [0.1, 0.15) is 55.9 Å². The molecular weight excluding hydrogens is 518 g/mol. The second kappa shape index (κ2) is 11.9. The van der Waals surface area contributed by atoms with E-state index in [0.29, 0.717) is 22.8 Å². The summed E-state index contributed by atoms with van der Waals surface area (Å²) >= 11 is 1.07. The smallest absolute Gasteiger partial charge is 0.353 e. The van der Waals surface area contributed by atoms with Crippen LogP contribution >= 0.6 is 11.8 Å². The Labute approximate surface area is 227 Å². The van der Waals surface area contributed by atoms with Crippen molar-refractivity contribution in [3.8, 4) is 5.75 Å². The van der Waals surface area contributed by atoms with Crippen LogP contribution < -0.4 is 10.3 Å². The molecule has 0 aliphatic carbocycles. The third-order valence-electron chi connectivity index (χ3n) is 6.28. The second-order valence-electron chi connectivity index (χ2n) is 9.34. The molecule has 1 aromatic heterocycles. The maximum absolute atomic E-state index is 13.1. The lowest BCUT2D eigenvalue weighted by molar-refractivity contribution is 0.377. The summed E-state index contributed by atoms with van der Waals surface area (Å²) in [4.78, 5) is 13.9. The Morgan fingerprint density at radius 2 is 1.61 bits per heavy atom. The van der Waals surface area contributed by atoms with Crippen LogP contribution in [-0.4, -0.2) is 13.5 Å². The first-order chi connectivity index (χ1) is 18.2. The van der Waals surface area contributed by atoms with Crippen molar-refractivity contribution >= 4 is 27.5 Å². The van der Waals surface area contributed by atoms with E-state index in [4.69, 9.17) is 4.42 Å². The molecule has 0 radical (unpaired) electrons. The molecule has 0 saturated carbocycles. The van der Waals surface area contributed by atoms with E-state index in [9.17, 15) is 18.3 Å². The van der Waals surface area contributed by atoms with Crippen LogP contribution in [0.2, 0.25) is 0 Å². The molecule has 3 aromatic carbocycles. The zero-order chi connectivity index (χ0) is 27.3. The lowest BCUT2D eigenvalue weighted by Gasteiger charge is -2.19. The van der Waals surface area contributed by atoms with Crippen molar-refractivity contribution in [1.82, 2.24) is 0 Å². The summed E-state index contributed by atoms with van der Waals surface area (Å²) in [5, 5.41) is 10.9. The molecule has 8 heteroatoms. The van der Waals surface area contributed by atoms with E-state index >= 15 is 0 Å². The van der Waals surface area contributed by atoms with E-state index in [1.807, 2.05) is 51.1 Å². The van der Waals surface area contributed by atoms with Gasteiger partial charge in [0.1, 0.15) is 16.4 Å². The van der Waals surface area contributed by atoms with Gasteiger partial charge in [-0.25, -0.2) is 13.2 Å². The first kappa shape index (κ1) is 27.5. The lowest BCUT2D eigenvalue weighted by atomic mass is 9.94. The second-order valence-corrected chi connectivity index (χ2v) is 12.1. The fourth-order valence-electron chi connectivity index (χ4n) is 4.36. The summed E-state index contributed by atoms with van der Waals surface area (Å²) in [5.41, 5.74) is 1.64. The normalized spacial score (nSPS) is 12.4. The average molecular weight is 550 g/mol.